The number of aliphatic imine (C=N–C) groups is 1. The zero-order valence-electron chi connectivity index (χ0n) is 13.0. The first kappa shape index (κ1) is 14.6. The number of nitrogens with one attached hydrogen (secondary N) is 1. The highest BCUT2D eigenvalue weighted by Gasteiger charge is 2.12. The van der Waals surface area contributed by atoms with E-state index in [0.717, 1.165) is 29.8 Å². The first-order chi connectivity index (χ1) is 10.7. The Hall–Kier alpha value is -2.36. The Bertz CT molecular complexity index is 691. The number of hydrogen-bond acceptors (Lipinski definition) is 2. The summed E-state index contributed by atoms with van der Waals surface area (Å²) >= 11 is 0. The van der Waals surface area contributed by atoms with Crippen LogP contribution in [0.3, 0.4) is 0 Å². The average molecular weight is 294 g/mol. The van der Waals surface area contributed by atoms with Gasteiger partial charge in [-0.25, -0.2) is 4.99 Å². The maximum atomic E-state index is 6.05. The number of rotatable bonds is 3. The topological polar surface area (TPSA) is 63.3 Å². The first-order valence-corrected chi connectivity index (χ1v) is 7.81. The largest absolute Gasteiger partial charge is 0.370 e. The van der Waals surface area contributed by atoms with Crippen molar-refractivity contribution in [3.8, 4) is 0 Å². The standard InChI is InChI=1S/C18H22N4/c1-13-11-14(9-10-20-13)12-21-18(19)22-17-8-4-6-15-5-2-3-7-16(15)17/h4,6,8-11H,2-3,5,7,12H2,1H3,(H3,19,21,22). The van der Waals surface area contributed by atoms with E-state index < -0.39 is 0 Å². The van der Waals surface area contributed by atoms with Crippen LogP contribution in [0.2, 0.25) is 0 Å². The molecule has 0 atom stereocenters. The minimum atomic E-state index is 0.466. The summed E-state index contributed by atoms with van der Waals surface area (Å²) in [5.41, 5.74) is 12.1. The lowest BCUT2D eigenvalue weighted by molar-refractivity contribution is 0.687. The van der Waals surface area contributed by atoms with E-state index in [4.69, 9.17) is 5.73 Å². The molecule has 0 aliphatic heterocycles. The van der Waals surface area contributed by atoms with Gasteiger partial charge in [-0.1, -0.05) is 12.1 Å². The third-order valence-corrected chi connectivity index (χ3v) is 4.05. The van der Waals surface area contributed by atoms with Crippen molar-refractivity contribution in [2.45, 2.75) is 39.2 Å². The van der Waals surface area contributed by atoms with Crippen molar-refractivity contribution in [2.75, 3.05) is 5.32 Å². The summed E-state index contributed by atoms with van der Waals surface area (Å²) in [6.45, 7) is 2.54. The van der Waals surface area contributed by atoms with Crippen LogP contribution in [-0.4, -0.2) is 10.9 Å². The summed E-state index contributed by atoms with van der Waals surface area (Å²) in [6.07, 6.45) is 6.62. The normalized spacial score (nSPS) is 14.5. The van der Waals surface area contributed by atoms with Crippen molar-refractivity contribution >= 4 is 11.6 Å². The molecule has 1 aromatic heterocycles. The van der Waals surface area contributed by atoms with Gasteiger partial charge < -0.3 is 11.1 Å². The Morgan fingerprint density at radius 3 is 3.00 bits per heavy atom. The summed E-state index contributed by atoms with van der Waals surface area (Å²) in [5.74, 6) is 0.466. The van der Waals surface area contributed by atoms with Gasteiger partial charge in [0.25, 0.3) is 0 Å². The maximum absolute atomic E-state index is 6.05. The molecule has 0 radical (unpaired) electrons. The fourth-order valence-corrected chi connectivity index (χ4v) is 2.96. The molecule has 0 saturated heterocycles. The number of anilines is 1. The SMILES string of the molecule is Cc1cc(CN=C(N)Nc2cccc3c2CCCC3)ccn1. The molecule has 3 N–H and O–H groups in total. The van der Waals surface area contributed by atoms with Crippen molar-refractivity contribution in [2.24, 2.45) is 10.7 Å². The molecule has 114 valence electrons. The van der Waals surface area contributed by atoms with Crippen LogP contribution in [0, 0.1) is 6.92 Å². The van der Waals surface area contributed by atoms with E-state index in [9.17, 15) is 0 Å². The zero-order valence-corrected chi connectivity index (χ0v) is 13.0. The molecule has 1 heterocycles. The van der Waals surface area contributed by atoms with Crippen LogP contribution in [-0.2, 0) is 19.4 Å². The number of hydrogen-bond donors (Lipinski definition) is 2. The number of aromatic nitrogens is 1. The monoisotopic (exact) mass is 294 g/mol. The maximum Gasteiger partial charge on any atom is 0.193 e. The van der Waals surface area contributed by atoms with E-state index in [1.807, 2.05) is 19.1 Å². The number of benzene rings is 1. The van der Waals surface area contributed by atoms with Crippen LogP contribution >= 0.6 is 0 Å². The minimum Gasteiger partial charge on any atom is -0.370 e. The molecule has 0 spiro atoms. The van der Waals surface area contributed by atoms with Gasteiger partial charge in [0, 0.05) is 17.6 Å². The third kappa shape index (κ3) is 3.45. The Labute approximate surface area is 131 Å². The Morgan fingerprint density at radius 2 is 2.14 bits per heavy atom. The molecule has 0 saturated carbocycles. The molecule has 1 aliphatic rings. The van der Waals surface area contributed by atoms with Gasteiger partial charge in [0.05, 0.1) is 6.54 Å². The molecule has 1 aromatic carbocycles. The van der Waals surface area contributed by atoms with E-state index in [2.05, 4.69) is 33.5 Å². The predicted molar refractivity (Wildman–Crippen MR) is 91.0 cm³/mol. The molecule has 2 aromatic rings. The van der Waals surface area contributed by atoms with Crippen molar-refractivity contribution in [1.29, 1.82) is 0 Å². The lowest BCUT2D eigenvalue weighted by Crippen LogP contribution is -2.24. The molecule has 0 fully saturated rings. The van der Waals surface area contributed by atoms with Crippen molar-refractivity contribution in [1.82, 2.24) is 4.98 Å². The molecule has 4 heteroatoms. The number of nitrogens with zero attached hydrogens (tertiary/aromatic N) is 2. The van der Waals surface area contributed by atoms with Gasteiger partial charge >= 0.3 is 0 Å². The molecule has 0 unspecified atom stereocenters. The summed E-state index contributed by atoms with van der Waals surface area (Å²) in [6, 6.07) is 10.4. The molecular formula is C18H22N4. The van der Waals surface area contributed by atoms with E-state index in [0.29, 0.717) is 12.5 Å². The number of fused-ring (bicyclic) bond motifs is 1. The fourth-order valence-electron chi connectivity index (χ4n) is 2.96. The van der Waals surface area contributed by atoms with Crippen molar-refractivity contribution in [3.05, 3.63) is 58.9 Å². The minimum absolute atomic E-state index is 0.466. The second kappa shape index (κ2) is 6.60. The molecule has 22 heavy (non-hydrogen) atoms. The quantitative estimate of drug-likeness (QED) is 0.675. The molecule has 1 aliphatic carbocycles. The lowest BCUT2D eigenvalue weighted by Gasteiger charge is -2.19. The Balaban J connectivity index is 1.71. The van der Waals surface area contributed by atoms with Crippen LogP contribution < -0.4 is 11.1 Å². The van der Waals surface area contributed by atoms with Crippen LogP contribution in [0.5, 0.6) is 0 Å². The van der Waals surface area contributed by atoms with Gasteiger partial charge in [0.1, 0.15) is 0 Å². The van der Waals surface area contributed by atoms with E-state index in [1.54, 1.807) is 6.20 Å². The van der Waals surface area contributed by atoms with E-state index in [1.165, 1.54) is 24.0 Å². The van der Waals surface area contributed by atoms with E-state index >= 15 is 0 Å². The van der Waals surface area contributed by atoms with Crippen LogP contribution in [0.25, 0.3) is 0 Å². The number of nitrogens with two attached hydrogens (primary N) is 1. The van der Waals surface area contributed by atoms with Crippen LogP contribution in [0.15, 0.2) is 41.5 Å². The van der Waals surface area contributed by atoms with Gasteiger partial charge in [-0.3, -0.25) is 4.98 Å². The first-order valence-electron chi connectivity index (χ1n) is 7.81. The number of pyridine rings is 1. The van der Waals surface area contributed by atoms with Gasteiger partial charge in [0.2, 0.25) is 0 Å². The lowest BCUT2D eigenvalue weighted by atomic mass is 9.90. The highest BCUT2D eigenvalue weighted by Crippen LogP contribution is 2.27. The van der Waals surface area contributed by atoms with E-state index in [-0.39, 0.29) is 0 Å². The summed E-state index contributed by atoms with van der Waals surface area (Å²) in [7, 11) is 0. The summed E-state index contributed by atoms with van der Waals surface area (Å²) in [4.78, 5) is 8.62. The Kier molecular flexibility index (Phi) is 4.37. The van der Waals surface area contributed by atoms with Gasteiger partial charge in [-0.15, -0.1) is 0 Å². The smallest absolute Gasteiger partial charge is 0.193 e. The highest BCUT2D eigenvalue weighted by atomic mass is 15.1. The second-order valence-electron chi connectivity index (χ2n) is 5.78. The molecule has 0 amide bonds. The van der Waals surface area contributed by atoms with Crippen molar-refractivity contribution in [3.63, 3.8) is 0 Å². The van der Waals surface area contributed by atoms with Gasteiger partial charge in [0.15, 0.2) is 5.96 Å². The molecule has 0 bridgehead atoms. The van der Waals surface area contributed by atoms with Gasteiger partial charge in [-0.05, 0) is 67.5 Å². The highest BCUT2D eigenvalue weighted by molar-refractivity contribution is 5.93. The number of guanidine groups is 1. The number of aryl methyl sites for hydroxylation is 2. The van der Waals surface area contributed by atoms with Gasteiger partial charge in [-0.2, -0.15) is 0 Å². The Morgan fingerprint density at radius 1 is 1.27 bits per heavy atom. The molecule has 4 nitrogen and oxygen atoms in total. The second-order valence-corrected chi connectivity index (χ2v) is 5.78. The van der Waals surface area contributed by atoms with Crippen LogP contribution in [0.1, 0.15) is 35.2 Å². The average Bonchev–Trinajstić information content (AvgIpc) is 2.53. The third-order valence-electron chi connectivity index (χ3n) is 4.05. The summed E-state index contributed by atoms with van der Waals surface area (Å²) in [5, 5.41) is 3.27. The molecular weight excluding hydrogens is 272 g/mol. The van der Waals surface area contributed by atoms with Crippen molar-refractivity contribution < 1.29 is 0 Å². The zero-order chi connectivity index (χ0) is 15.4. The predicted octanol–water partition coefficient (Wildman–Crippen LogP) is 3.20. The summed E-state index contributed by atoms with van der Waals surface area (Å²) < 4.78 is 0. The fraction of sp³-hybridized carbons (Fsp3) is 0.333. The molecule has 3 rings (SSSR count). The van der Waals surface area contributed by atoms with Crippen LogP contribution in [0.4, 0.5) is 5.69 Å².